The van der Waals surface area contributed by atoms with Crippen molar-refractivity contribution < 1.29 is 4.39 Å². The number of rotatable bonds is 4. The third-order valence-electron chi connectivity index (χ3n) is 3.30. The molecule has 0 aliphatic rings. The Labute approximate surface area is 132 Å². The first-order chi connectivity index (χ1) is 9.47. The first-order valence-electron chi connectivity index (χ1n) is 6.44. The van der Waals surface area contributed by atoms with Crippen molar-refractivity contribution >= 4 is 27.5 Å². The Hall–Kier alpha value is -0.900. The Morgan fingerprint density at radius 1 is 1.05 bits per heavy atom. The lowest BCUT2D eigenvalue weighted by atomic mass is 10.0. The summed E-state index contributed by atoms with van der Waals surface area (Å²) in [6.07, 6.45) is 0. The Morgan fingerprint density at radius 2 is 1.70 bits per heavy atom. The molecular formula is C16H16BrClFN. The van der Waals surface area contributed by atoms with E-state index in [4.69, 9.17) is 11.6 Å². The number of hydrogen-bond donors (Lipinski definition) is 1. The molecule has 2 atom stereocenters. The second-order valence-electron chi connectivity index (χ2n) is 4.83. The highest BCUT2D eigenvalue weighted by Gasteiger charge is 2.14. The van der Waals surface area contributed by atoms with E-state index in [1.807, 2.05) is 37.3 Å². The van der Waals surface area contributed by atoms with E-state index in [9.17, 15) is 4.39 Å². The van der Waals surface area contributed by atoms with Crippen molar-refractivity contribution in [2.24, 2.45) is 0 Å². The Morgan fingerprint density at radius 3 is 2.30 bits per heavy atom. The summed E-state index contributed by atoms with van der Waals surface area (Å²) in [6, 6.07) is 12.9. The van der Waals surface area contributed by atoms with E-state index in [0.29, 0.717) is 10.6 Å². The van der Waals surface area contributed by atoms with Crippen LogP contribution in [-0.2, 0) is 0 Å². The molecule has 0 bridgehead atoms. The molecular weight excluding hydrogens is 341 g/mol. The van der Waals surface area contributed by atoms with Crippen LogP contribution < -0.4 is 5.32 Å². The van der Waals surface area contributed by atoms with Crippen molar-refractivity contribution in [2.45, 2.75) is 25.9 Å². The maximum absolute atomic E-state index is 13.9. The van der Waals surface area contributed by atoms with Gasteiger partial charge in [0.25, 0.3) is 0 Å². The van der Waals surface area contributed by atoms with Crippen LogP contribution in [0, 0.1) is 5.82 Å². The summed E-state index contributed by atoms with van der Waals surface area (Å²) in [4.78, 5) is 0. The van der Waals surface area contributed by atoms with Crippen molar-refractivity contribution in [1.82, 2.24) is 5.32 Å². The molecule has 2 rings (SSSR count). The van der Waals surface area contributed by atoms with Gasteiger partial charge in [0.15, 0.2) is 0 Å². The van der Waals surface area contributed by atoms with E-state index >= 15 is 0 Å². The van der Waals surface area contributed by atoms with Crippen molar-refractivity contribution in [3.8, 4) is 0 Å². The molecule has 0 aromatic heterocycles. The summed E-state index contributed by atoms with van der Waals surface area (Å²) in [5.74, 6) is -0.206. The zero-order valence-corrected chi connectivity index (χ0v) is 13.7. The molecule has 0 radical (unpaired) electrons. The summed E-state index contributed by atoms with van der Waals surface area (Å²) in [5.41, 5.74) is 1.78. The second kappa shape index (κ2) is 6.70. The van der Waals surface area contributed by atoms with Crippen LogP contribution in [0.2, 0.25) is 5.02 Å². The van der Waals surface area contributed by atoms with Crippen LogP contribution in [0.1, 0.15) is 37.1 Å². The summed E-state index contributed by atoms with van der Waals surface area (Å²) >= 11 is 9.15. The van der Waals surface area contributed by atoms with Gasteiger partial charge in [-0.25, -0.2) is 4.39 Å². The van der Waals surface area contributed by atoms with Gasteiger partial charge in [-0.05, 0) is 43.7 Å². The first kappa shape index (κ1) is 15.5. The van der Waals surface area contributed by atoms with E-state index in [0.717, 1.165) is 10.0 Å². The van der Waals surface area contributed by atoms with Gasteiger partial charge in [0.1, 0.15) is 5.82 Å². The monoisotopic (exact) mass is 355 g/mol. The van der Waals surface area contributed by atoms with Crippen LogP contribution in [-0.4, -0.2) is 0 Å². The van der Waals surface area contributed by atoms with Crippen molar-refractivity contribution in [2.75, 3.05) is 0 Å². The molecule has 0 spiro atoms. The predicted octanol–water partition coefficient (Wildman–Crippen LogP) is 5.65. The molecule has 0 fully saturated rings. The lowest BCUT2D eigenvalue weighted by molar-refractivity contribution is 0.474. The van der Waals surface area contributed by atoms with Gasteiger partial charge in [0.05, 0.1) is 0 Å². The van der Waals surface area contributed by atoms with Gasteiger partial charge in [0, 0.05) is 27.1 Å². The van der Waals surface area contributed by atoms with Crippen LogP contribution >= 0.6 is 27.5 Å². The molecule has 106 valence electrons. The predicted molar refractivity (Wildman–Crippen MR) is 85.5 cm³/mol. The Kier molecular flexibility index (Phi) is 5.19. The fraction of sp³-hybridized carbons (Fsp3) is 0.250. The van der Waals surface area contributed by atoms with Crippen molar-refractivity contribution in [1.29, 1.82) is 0 Å². The summed E-state index contributed by atoms with van der Waals surface area (Å²) in [7, 11) is 0. The molecule has 2 aromatic carbocycles. The molecule has 20 heavy (non-hydrogen) atoms. The second-order valence-corrected chi connectivity index (χ2v) is 6.18. The van der Waals surface area contributed by atoms with Crippen LogP contribution in [0.15, 0.2) is 46.9 Å². The molecule has 1 nitrogen and oxygen atoms in total. The normalized spacial score (nSPS) is 14.1. The largest absolute Gasteiger partial charge is 0.304 e. The Bertz CT molecular complexity index is 586. The SMILES string of the molecule is CC(NC(C)c1ccc(Br)cc1F)c1ccc(Cl)cc1. The van der Waals surface area contributed by atoms with Gasteiger partial charge in [-0.2, -0.15) is 0 Å². The van der Waals surface area contributed by atoms with Crippen LogP contribution in [0.5, 0.6) is 0 Å². The minimum atomic E-state index is -0.206. The molecule has 2 aromatic rings. The number of halogens is 3. The summed E-state index contributed by atoms with van der Waals surface area (Å²) in [5, 5.41) is 4.11. The first-order valence-corrected chi connectivity index (χ1v) is 7.61. The molecule has 1 N–H and O–H groups in total. The average Bonchev–Trinajstić information content (AvgIpc) is 2.39. The molecule has 0 aliphatic heterocycles. The maximum Gasteiger partial charge on any atom is 0.129 e. The number of hydrogen-bond acceptors (Lipinski definition) is 1. The highest BCUT2D eigenvalue weighted by molar-refractivity contribution is 9.10. The fourth-order valence-corrected chi connectivity index (χ4v) is 2.62. The lowest BCUT2D eigenvalue weighted by Gasteiger charge is -2.21. The van der Waals surface area contributed by atoms with Crippen LogP contribution in [0.4, 0.5) is 4.39 Å². The van der Waals surface area contributed by atoms with Gasteiger partial charge in [-0.3, -0.25) is 0 Å². The van der Waals surface area contributed by atoms with E-state index in [-0.39, 0.29) is 17.9 Å². The highest BCUT2D eigenvalue weighted by Crippen LogP contribution is 2.24. The molecule has 0 aliphatic carbocycles. The van der Waals surface area contributed by atoms with Crippen LogP contribution in [0.25, 0.3) is 0 Å². The quantitative estimate of drug-likeness (QED) is 0.746. The summed E-state index contributed by atoms with van der Waals surface area (Å²) < 4.78 is 14.7. The van der Waals surface area contributed by atoms with E-state index in [2.05, 4.69) is 28.2 Å². The van der Waals surface area contributed by atoms with Gasteiger partial charge in [0.2, 0.25) is 0 Å². The molecule has 0 saturated heterocycles. The highest BCUT2D eigenvalue weighted by atomic mass is 79.9. The molecule has 0 heterocycles. The van der Waals surface area contributed by atoms with Crippen molar-refractivity contribution in [3.63, 3.8) is 0 Å². The van der Waals surface area contributed by atoms with Gasteiger partial charge >= 0.3 is 0 Å². The number of nitrogens with one attached hydrogen (secondary N) is 1. The molecule has 0 saturated carbocycles. The van der Waals surface area contributed by atoms with Gasteiger partial charge < -0.3 is 5.32 Å². The smallest absolute Gasteiger partial charge is 0.129 e. The zero-order chi connectivity index (χ0) is 14.7. The lowest BCUT2D eigenvalue weighted by Crippen LogP contribution is -2.23. The van der Waals surface area contributed by atoms with E-state index < -0.39 is 0 Å². The topological polar surface area (TPSA) is 12.0 Å². The van der Waals surface area contributed by atoms with E-state index in [1.165, 1.54) is 6.07 Å². The minimum Gasteiger partial charge on any atom is -0.304 e. The molecule has 2 unspecified atom stereocenters. The van der Waals surface area contributed by atoms with Crippen molar-refractivity contribution in [3.05, 3.63) is 68.9 Å². The molecule has 0 amide bonds. The van der Waals surface area contributed by atoms with Crippen LogP contribution in [0.3, 0.4) is 0 Å². The zero-order valence-electron chi connectivity index (χ0n) is 11.3. The maximum atomic E-state index is 13.9. The Balaban J connectivity index is 2.10. The standard InChI is InChI=1S/C16H16BrClFN/c1-10(12-3-6-14(18)7-4-12)20-11(2)15-8-5-13(17)9-16(15)19/h3-11,20H,1-2H3. The minimum absolute atomic E-state index is 0.0752. The third-order valence-corrected chi connectivity index (χ3v) is 4.04. The van der Waals surface area contributed by atoms with Gasteiger partial charge in [-0.15, -0.1) is 0 Å². The third kappa shape index (κ3) is 3.81. The number of benzene rings is 2. The fourth-order valence-electron chi connectivity index (χ4n) is 2.17. The average molecular weight is 357 g/mol. The summed E-state index contributed by atoms with van der Waals surface area (Å²) in [6.45, 7) is 4.01. The van der Waals surface area contributed by atoms with E-state index in [1.54, 1.807) is 6.07 Å². The van der Waals surface area contributed by atoms with Gasteiger partial charge in [-0.1, -0.05) is 45.7 Å². The molecule has 4 heteroatoms.